The molecule has 0 aliphatic heterocycles. The van der Waals surface area contributed by atoms with Crippen molar-refractivity contribution in [3.63, 3.8) is 0 Å². The number of amides is 1. The Morgan fingerprint density at radius 2 is 1.74 bits per heavy atom. The molecule has 0 aliphatic rings. The standard InChI is InChI=1S/C16H27N3O3S/c1-6-17-12(2)11-18-15(20)13-7-9-14(10-8-13)23(21,22)19-16(3,4)5/h7-10,12,17,19H,6,11H2,1-5H3,(H,18,20)/t12-/m1/s1. The quantitative estimate of drug-likeness (QED) is 0.701. The van der Waals surface area contributed by atoms with Crippen LogP contribution in [0.4, 0.5) is 0 Å². The van der Waals surface area contributed by atoms with Crippen LogP contribution in [0.15, 0.2) is 29.2 Å². The molecule has 0 unspecified atom stereocenters. The minimum atomic E-state index is -3.59. The monoisotopic (exact) mass is 341 g/mol. The highest BCUT2D eigenvalue weighted by Gasteiger charge is 2.22. The molecular weight excluding hydrogens is 314 g/mol. The summed E-state index contributed by atoms with van der Waals surface area (Å²) < 4.78 is 27.0. The van der Waals surface area contributed by atoms with Gasteiger partial charge in [-0.15, -0.1) is 0 Å². The average molecular weight is 341 g/mol. The third-order valence-electron chi connectivity index (χ3n) is 2.99. The normalized spacial score (nSPS) is 13.6. The van der Waals surface area contributed by atoms with E-state index in [0.29, 0.717) is 12.1 Å². The van der Waals surface area contributed by atoms with Crippen molar-refractivity contribution in [3.05, 3.63) is 29.8 Å². The van der Waals surface area contributed by atoms with E-state index >= 15 is 0 Å². The smallest absolute Gasteiger partial charge is 0.251 e. The van der Waals surface area contributed by atoms with Crippen molar-refractivity contribution < 1.29 is 13.2 Å². The Kier molecular flexibility index (Phi) is 6.73. The minimum absolute atomic E-state index is 0.144. The van der Waals surface area contributed by atoms with Crippen LogP contribution in [0.5, 0.6) is 0 Å². The Hall–Kier alpha value is -1.44. The lowest BCUT2D eigenvalue weighted by Gasteiger charge is -2.20. The fourth-order valence-corrected chi connectivity index (χ4v) is 3.43. The van der Waals surface area contributed by atoms with Crippen LogP contribution >= 0.6 is 0 Å². The molecule has 0 spiro atoms. The average Bonchev–Trinajstić information content (AvgIpc) is 2.43. The molecular formula is C16H27N3O3S. The van der Waals surface area contributed by atoms with Gasteiger partial charge >= 0.3 is 0 Å². The molecule has 3 N–H and O–H groups in total. The Morgan fingerprint density at radius 1 is 1.17 bits per heavy atom. The van der Waals surface area contributed by atoms with Gasteiger partial charge in [0.2, 0.25) is 10.0 Å². The van der Waals surface area contributed by atoms with E-state index in [-0.39, 0.29) is 16.8 Å². The van der Waals surface area contributed by atoms with Crippen molar-refractivity contribution in [3.8, 4) is 0 Å². The number of nitrogens with one attached hydrogen (secondary N) is 3. The summed E-state index contributed by atoms with van der Waals surface area (Å²) in [4.78, 5) is 12.2. The molecule has 1 amide bonds. The van der Waals surface area contributed by atoms with Gasteiger partial charge in [0.1, 0.15) is 0 Å². The number of sulfonamides is 1. The molecule has 0 heterocycles. The van der Waals surface area contributed by atoms with Crippen LogP contribution in [0, 0.1) is 0 Å². The number of likely N-dealkylation sites (N-methyl/N-ethyl adjacent to an activating group) is 1. The molecule has 1 atom stereocenters. The Balaban J connectivity index is 2.75. The van der Waals surface area contributed by atoms with Gasteiger partial charge in [0.25, 0.3) is 5.91 Å². The van der Waals surface area contributed by atoms with Gasteiger partial charge in [0.15, 0.2) is 0 Å². The largest absolute Gasteiger partial charge is 0.350 e. The zero-order valence-corrected chi connectivity index (χ0v) is 15.3. The highest BCUT2D eigenvalue weighted by molar-refractivity contribution is 7.89. The maximum Gasteiger partial charge on any atom is 0.251 e. The molecule has 0 bridgehead atoms. The first-order chi connectivity index (χ1) is 10.5. The van der Waals surface area contributed by atoms with Gasteiger partial charge in [0.05, 0.1) is 4.90 Å². The Morgan fingerprint density at radius 3 is 2.22 bits per heavy atom. The summed E-state index contributed by atoms with van der Waals surface area (Å²) in [7, 11) is -3.59. The molecule has 1 aromatic rings. The van der Waals surface area contributed by atoms with Crippen LogP contribution in [0.2, 0.25) is 0 Å². The summed E-state index contributed by atoms with van der Waals surface area (Å²) in [6.07, 6.45) is 0. The molecule has 0 aliphatic carbocycles. The van der Waals surface area contributed by atoms with Gasteiger partial charge in [-0.25, -0.2) is 13.1 Å². The highest BCUT2D eigenvalue weighted by Crippen LogP contribution is 2.13. The van der Waals surface area contributed by atoms with Crippen LogP contribution in [0.25, 0.3) is 0 Å². The zero-order valence-electron chi connectivity index (χ0n) is 14.4. The Bertz CT molecular complexity index is 619. The van der Waals surface area contributed by atoms with E-state index in [1.165, 1.54) is 24.3 Å². The van der Waals surface area contributed by atoms with Crippen molar-refractivity contribution in [1.82, 2.24) is 15.4 Å². The van der Waals surface area contributed by atoms with Crippen LogP contribution in [0.1, 0.15) is 45.0 Å². The molecule has 23 heavy (non-hydrogen) atoms. The van der Waals surface area contributed by atoms with Crippen molar-refractivity contribution in [2.45, 2.75) is 51.1 Å². The van der Waals surface area contributed by atoms with Gasteiger partial charge < -0.3 is 10.6 Å². The molecule has 0 saturated heterocycles. The highest BCUT2D eigenvalue weighted by atomic mass is 32.2. The summed E-state index contributed by atoms with van der Waals surface area (Å²) >= 11 is 0. The molecule has 1 rings (SSSR count). The van der Waals surface area contributed by atoms with Gasteiger partial charge in [-0.05, 0) is 58.5 Å². The molecule has 1 aromatic carbocycles. The fourth-order valence-electron chi connectivity index (χ4n) is 2.02. The van der Waals surface area contributed by atoms with Crippen LogP contribution in [-0.4, -0.2) is 39.0 Å². The second-order valence-electron chi connectivity index (χ2n) is 6.55. The van der Waals surface area contributed by atoms with Crippen LogP contribution in [0.3, 0.4) is 0 Å². The van der Waals surface area contributed by atoms with Crippen LogP contribution in [-0.2, 0) is 10.0 Å². The lowest BCUT2D eigenvalue weighted by molar-refractivity contribution is 0.0950. The van der Waals surface area contributed by atoms with E-state index in [4.69, 9.17) is 0 Å². The van der Waals surface area contributed by atoms with Crippen molar-refractivity contribution >= 4 is 15.9 Å². The zero-order chi connectivity index (χ0) is 17.7. The number of rotatable bonds is 7. The molecule has 0 aromatic heterocycles. The molecule has 6 nitrogen and oxygen atoms in total. The summed E-state index contributed by atoms with van der Waals surface area (Å²) in [5, 5.41) is 6.01. The number of carbonyl (C=O) groups is 1. The van der Waals surface area contributed by atoms with Gasteiger partial charge in [-0.1, -0.05) is 6.92 Å². The lowest BCUT2D eigenvalue weighted by atomic mass is 10.1. The van der Waals surface area contributed by atoms with E-state index < -0.39 is 15.6 Å². The molecule has 0 saturated carbocycles. The summed E-state index contributed by atoms with van der Waals surface area (Å²) in [5.41, 5.74) is -0.125. The summed E-state index contributed by atoms with van der Waals surface area (Å²) in [6.45, 7) is 10.7. The third kappa shape index (κ3) is 6.68. The summed E-state index contributed by atoms with van der Waals surface area (Å²) in [6, 6.07) is 6.10. The van der Waals surface area contributed by atoms with Crippen molar-refractivity contribution in [2.75, 3.05) is 13.1 Å². The Labute approximate surface area is 139 Å². The number of hydrogen-bond donors (Lipinski definition) is 3. The summed E-state index contributed by atoms with van der Waals surface area (Å²) in [5.74, 6) is -0.220. The predicted octanol–water partition coefficient (Wildman–Crippen LogP) is 1.49. The van der Waals surface area contributed by atoms with Gasteiger partial charge in [0, 0.05) is 23.7 Å². The SMILES string of the molecule is CCN[C@H](C)CNC(=O)c1ccc(S(=O)(=O)NC(C)(C)C)cc1. The molecule has 0 fully saturated rings. The topological polar surface area (TPSA) is 87.3 Å². The van der Waals surface area contributed by atoms with E-state index in [9.17, 15) is 13.2 Å². The lowest BCUT2D eigenvalue weighted by Crippen LogP contribution is -2.40. The van der Waals surface area contributed by atoms with E-state index in [1.807, 2.05) is 13.8 Å². The second kappa shape index (κ2) is 7.90. The molecule has 130 valence electrons. The van der Waals surface area contributed by atoms with E-state index in [0.717, 1.165) is 6.54 Å². The van der Waals surface area contributed by atoms with Crippen LogP contribution < -0.4 is 15.4 Å². The predicted molar refractivity (Wildman–Crippen MR) is 92.0 cm³/mol. The maximum absolute atomic E-state index is 12.2. The van der Waals surface area contributed by atoms with Crippen molar-refractivity contribution in [1.29, 1.82) is 0 Å². The third-order valence-corrected chi connectivity index (χ3v) is 4.76. The van der Waals surface area contributed by atoms with Crippen molar-refractivity contribution in [2.24, 2.45) is 0 Å². The maximum atomic E-state index is 12.2. The first-order valence-electron chi connectivity index (χ1n) is 7.71. The number of benzene rings is 1. The molecule has 0 radical (unpaired) electrons. The number of carbonyl (C=O) groups excluding carboxylic acids is 1. The first-order valence-corrected chi connectivity index (χ1v) is 9.19. The molecule has 7 heteroatoms. The second-order valence-corrected chi connectivity index (χ2v) is 8.23. The first kappa shape index (κ1) is 19.6. The van der Waals surface area contributed by atoms with E-state index in [2.05, 4.69) is 15.4 Å². The van der Waals surface area contributed by atoms with Gasteiger partial charge in [-0.2, -0.15) is 0 Å². The fraction of sp³-hybridized carbons (Fsp3) is 0.562. The number of hydrogen-bond acceptors (Lipinski definition) is 4. The van der Waals surface area contributed by atoms with Gasteiger partial charge in [-0.3, -0.25) is 4.79 Å². The minimum Gasteiger partial charge on any atom is -0.350 e. The van der Waals surface area contributed by atoms with E-state index in [1.54, 1.807) is 20.8 Å².